The van der Waals surface area contributed by atoms with Crippen LogP contribution in [0.25, 0.3) is 0 Å². The molecule has 1 aromatic carbocycles. The van der Waals surface area contributed by atoms with E-state index in [9.17, 15) is 4.79 Å². The molecule has 5 heteroatoms. The van der Waals surface area contributed by atoms with Gasteiger partial charge in [0.1, 0.15) is 0 Å². The number of hydrogen-bond acceptors (Lipinski definition) is 4. The van der Waals surface area contributed by atoms with Gasteiger partial charge in [-0.05, 0) is 44.8 Å². The number of hydrogen-bond donors (Lipinski definition) is 0. The van der Waals surface area contributed by atoms with Crippen molar-refractivity contribution in [3.8, 4) is 11.5 Å². The van der Waals surface area contributed by atoms with Gasteiger partial charge < -0.3 is 13.9 Å². The highest BCUT2D eigenvalue weighted by atomic mass is 28.4. The molecular weight excluding hydrogens is 248 g/mol. The molecule has 0 fully saturated rings. The molecule has 0 radical (unpaired) electrons. The van der Waals surface area contributed by atoms with Gasteiger partial charge in [-0.1, -0.05) is 0 Å². The fraction of sp³-hybridized carbons (Fsp3) is 0.462. The van der Waals surface area contributed by atoms with Gasteiger partial charge >= 0.3 is 5.97 Å². The fourth-order valence-electron chi connectivity index (χ4n) is 1.41. The van der Waals surface area contributed by atoms with Gasteiger partial charge in [0.2, 0.25) is 8.32 Å². The second kappa shape index (κ2) is 5.91. The molecule has 0 saturated heterocycles. The quantitative estimate of drug-likeness (QED) is 0.770. The lowest BCUT2D eigenvalue weighted by Crippen LogP contribution is -2.29. The summed E-state index contributed by atoms with van der Waals surface area (Å²) in [6.07, 6.45) is 0. The Labute approximate surface area is 109 Å². The van der Waals surface area contributed by atoms with E-state index in [1.165, 1.54) is 0 Å². The monoisotopic (exact) mass is 268 g/mol. The van der Waals surface area contributed by atoms with Crippen LogP contribution in [0.1, 0.15) is 17.3 Å². The van der Waals surface area contributed by atoms with E-state index in [2.05, 4.69) is 0 Å². The molecule has 0 aromatic heterocycles. The highest BCUT2D eigenvalue weighted by Gasteiger charge is 2.21. The summed E-state index contributed by atoms with van der Waals surface area (Å²) in [5, 5.41) is 0. The van der Waals surface area contributed by atoms with E-state index < -0.39 is 8.32 Å². The summed E-state index contributed by atoms with van der Waals surface area (Å²) in [5.41, 5.74) is 0.488. The van der Waals surface area contributed by atoms with Crippen LogP contribution in [0.2, 0.25) is 19.6 Å². The zero-order chi connectivity index (χ0) is 13.8. The third-order valence-corrected chi connectivity index (χ3v) is 2.90. The Morgan fingerprint density at radius 2 is 1.89 bits per heavy atom. The summed E-state index contributed by atoms with van der Waals surface area (Å²) in [5.74, 6) is 0.865. The first-order chi connectivity index (χ1) is 8.37. The predicted molar refractivity (Wildman–Crippen MR) is 72.9 cm³/mol. The summed E-state index contributed by atoms with van der Waals surface area (Å²) in [6.45, 7) is 8.31. The second-order valence-electron chi connectivity index (χ2n) is 4.80. The van der Waals surface area contributed by atoms with Crippen molar-refractivity contribution in [3.63, 3.8) is 0 Å². The van der Waals surface area contributed by atoms with Crippen LogP contribution in [0.3, 0.4) is 0 Å². The Kier molecular flexibility index (Phi) is 4.78. The Morgan fingerprint density at radius 3 is 2.39 bits per heavy atom. The fourth-order valence-corrected chi connectivity index (χ4v) is 2.08. The maximum atomic E-state index is 11.9. The van der Waals surface area contributed by atoms with E-state index in [0.29, 0.717) is 23.7 Å². The van der Waals surface area contributed by atoms with E-state index in [1.807, 2.05) is 26.6 Å². The van der Waals surface area contributed by atoms with Crippen molar-refractivity contribution < 1.29 is 18.7 Å². The third kappa shape index (κ3) is 4.07. The number of methoxy groups -OCH3 is 1. The minimum Gasteiger partial charge on any atom is -0.516 e. The molecule has 18 heavy (non-hydrogen) atoms. The maximum Gasteiger partial charge on any atom is 0.324 e. The molecule has 1 rings (SSSR count). The standard InChI is InChI=1S/C13H20O4Si/c1-6-16-12-9-10(7-8-11(12)15-2)13(14)17-18(3,4)5/h7-9H,6H2,1-5H3. The van der Waals surface area contributed by atoms with Crippen molar-refractivity contribution in [2.24, 2.45) is 0 Å². The van der Waals surface area contributed by atoms with Crippen molar-refractivity contribution in [2.75, 3.05) is 13.7 Å². The van der Waals surface area contributed by atoms with Gasteiger partial charge in [0.05, 0.1) is 19.3 Å². The predicted octanol–water partition coefficient (Wildman–Crippen LogP) is 3.09. The number of benzene rings is 1. The van der Waals surface area contributed by atoms with Crippen molar-refractivity contribution in [1.29, 1.82) is 0 Å². The van der Waals surface area contributed by atoms with Crippen molar-refractivity contribution in [3.05, 3.63) is 23.8 Å². The molecule has 4 nitrogen and oxygen atoms in total. The molecule has 0 bridgehead atoms. The van der Waals surface area contributed by atoms with Gasteiger partial charge in [0.25, 0.3) is 0 Å². The number of carbonyl (C=O) groups is 1. The van der Waals surface area contributed by atoms with Crippen LogP contribution in [-0.4, -0.2) is 28.0 Å². The highest BCUT2D eigenvalue weighted by Crippen LogP contribution is 2.28. The number of carbonyl (C=O) groups excluding carboxylic acids is 1. The first-order valence-electron chi connectivity index (χ1n) is 5.91. The van der Waals surface area contributed by atoms with Crippen molar-refractivity contribution in [2.45, 2.75) is 26.6 Å². The lowest BCUT2D eigenvalue weighted by molar-refractivity contribution is 0.0724. The summed E-state index contributed by atoms with van der Waals surface area (Å²) >= 11 is 0. The largest absolute Gasteiger partial charge is 0.516 e. The summed E-state index contributed by atoms with van der Waals surface area (Å²) in [7, 11) is -0.315. The molecule has 0 spiro atoms. The van der Waals surface area contributed by atoms with Gasteiger partial charge in [0.15, 0.2) is 11.5 Å². The van der Waals surface area contributed by atoms with Crippen LogP contribution in [0.4, 0.5) is 0 Å². The molecule has 1 aromatic rings. The molecule has 0 atom stereocenters. The van der Waals surface area contributed by atoms with Gasteiger partial charge in [-0.25, -0.2) is 4.79 Å². The highest BCUT2D eigenvalue weighted by molar-refractivity contribution is 6.71. The molecule has 0 heterocycles. The topological polar surface area (TPSA) is 44.8 Å². The summed E-state index contributed by atoms with van der Waals surface area (Å²) < 4.78 is 16.0. The molecule has 0 saturated carbocycles. The van der Waals surface area contributed by atoms with Gasteiger partial charge in [-0.2, -0.15) is 0 Å². The lowest BCUT2D eigenvalue weighted by atomic mass is 10.2. The Balaban J connectivity index is 2.97. The van der Waals surface area contributed by atoms with Gasteiger partial charge in [-0.15, -0.1) is 0 Å². The molecule has 0 aliphatic rings. The third-order valence-electron chi connectivity index (χ3n) is 2.10. The minimum atomic E-state index is -1.88. The average molecular weight is 268 g/mol. The normalized spacial score (nSPS) is 10.9. The van der Waals surface area contributed by atoms with Gasteiger partial charge in [-0.3, -0.25) is 0 Å². The average Bonchev–Trinajstić information content (AvgIpc) is 2.27. The molecular formula is C13H20O4Si. The zero-order valence-corrected chi connectivity index (χ0v) is 12.6. The Morgan fingerprint density at radius 1 is 1.22 bits per heavy atom. The minimum absolute atomic E-state index is 0.308. The molecule has 100 valence electrons. The van der Waals surface area contributed by atoms with Crippen LogP contribution in [-0.2, 0) is 4.43 Å². The smallest absolute Gasteiger partial charge is 0.324 e. The van der Waals surface area contributed by atoms with E-state index in [4.69, 9.17) is 13.9 Å². The maximum absolute atomic E-state index is 11.9. The summed E-state index contributed by atoms with van der Waals surface area (Å²) in [4.78, 5) is 11.9. The SMILES string of the molecule is CCOc1cc(C(=O)O[Si](C)(C)C)ccc1OC. The van der Waals surface area contributed by atoms with Crippen LogP contribution >= 0.6 is 0 Å². The van der Waals surface area contributed by atoms with E-state index >= 15 is 0 Å². The zero-order valence-electron chi connectivity index (χ0n) is 11.6. The molecule has 0 aliphatic carbocycles. The van der Waals surface area contributed by atoms with E-state index in [-0.39, 0.29) is 5.97 Å². The van der Waals surface area contributed by atoms with Crippen molar-refractivity contribution in [1.82, 2.24) is 0 Å². The van der Waals surface area contributed by atoms with Crippen LogP contribution in [0, 0.1) is 0 Å². The molecule has 0 unspecified atom stereocenters. The first kappa shape index (κ1) is 14.6. The van der Waals surface area contributed by atoms with Crippen molar-refractivity contribution >= 4 is 14.3 Å². The second-order valence-corrected chi connectivity index (χ2v) is 9.23. The number of ether oxygens (including phenoxy) is 2. The lowest BCUT2D eigenvalue weighted by Gasteiger charge is -2.18. The Bertz CT molecular complexity index is 423. The van der Waals surface area contributed by atoms with E-state index in [0.717, 1.165) is 0 Å². The Hall–Kier alpha value is -1.49. The molecule has 0 N–H and O–H groups in total. The number of rotatable bonds is 5. The van der Waals surface area contributed by atoms with Crippen LogP contribution < -0.4 is 9.47 Å². The van der Waals surface area contributed by atoms with Crippen LogP contribution in [0.15, 0.2) is 18.2 Å². The van der Waals surface area contributed by atoms with Crippen LogP contribution in [0.5, 0.6) is 11.5 Å². The summed E-state index contributed by atoms with van der Waals surface area (Å²) in [6, 6.07) is 5.06. The van der Waals surface area contributed by atoms with Gasteiger partial charge in [0, 0.05) is 0 Å². The first-order valence-corrected chi connectivity index (χ1v) is 9.32. The molecule has 0 amide bonds. The van der Waals surface area contributed by atoms with E-state index in [1.54, 1.807) is 25.3 Å². The molecule has 0 aliphatic heterocycles.